The summed E-state index contributed by atoms with van der Waals surface area (Å²) in [4.78, 5) is 30.8. The Labute approximate surface area is 204 Å². The van der Waals surface area contributed by atoms with Gasteiger partial charge in [-0.25, -0.2) is 0 Å². The van der Waals surface area contributed by atoms with Crippen molar-refractivity contribution in [2.75, 3.05) is 18.6 Å². The third-order valence-corrected chi connectivity index (χ3v) is 6.96. The number of anilines is 1. The fourth-order valence-corrected chi connectivity index (χ4v) is 5.04. The summed E-state index contributed by atoms with van der Waals surface area (Å²) in [6.45, 7) is 6.35. The van der Waals surface area contributed by atoms with Crippen LogP contribution in [0.3, 0.4) is 0 Å². The number of hydrogen-bond donors (Lipinski definition) is 0. The van der Waals surface area contributed by atoms with E-state index in [4.69, 9.17) is 19.2 Å². The molecule has 180 valence electrons. The number of esters is 2. The summed E-state index contributed by atoms with van der Waals surface area (Å²) >= 11 is 0. The second-order valence-electron chi connectivity index (χ2n) is 9.33. The van der Waals surface area contributed by atoms with Crippen molar-refractivity contribution in [3.05, 3.63) is 60.2 Å². The van der Waals surface area contributed by atoms with E-state index in [1.807, 2.05) is 43.6 Å². The molecule has 0 saturated carbocycles. The Morgan fingerprint density at radius 2 is 1.77 bits per heavy atom. The maximum absolute atomic E-state index is 12.2. The van der Waals surface area contributed by atoms with Gasteiger partial charge in [-0.2, -0.15) is 0 Å². The van der Waals surface area contributed by atoms with Gasteiger partial charge in [0.1, 0.15) is 17.2 Å². The quantitative estimate of drug-likeness (QED) is 0.370. The van der Waals surface area contributed by atoms with Crippen molar-refractivity contribution >= 4 is 40.3 Å². The topological polar surface area (TPSA) is 77.4 Å². The molecule has 0 aromatic heterocycles. The van der Waals surface area contributed by atoms with Crippen molar-refractivity contribution in [2.45, 2.75) is 44.8 Å². The molecule has 0 amide bonds. The summed E-state index contributed by atoms with van der Waals surface area (Å²) in [5, 5.41) is 1.77. The summed E-state index contributed by atoms with van der Waals surface area (Å²) in [7, 11) is 2.03. The third kappa shape index (κ3) is 3.62. The molecule has 0 N–H and O–H groups in total. The van der Waals surface area contributed by atoms with Crippen LogP contribution in [0.4, 0.5) is 11.4 Å². The Morgan fingerprint density at radius 3 is 2.54 bits per heavy atom. The summed E-state index contributed by atoms with van der Waals surface area (Å²) in [6, 6.07) is 17.6. The lowest BCUT2D eigenvalue weighted by Gasteiger charge is -2.45. The van der Waals surface area contributed by atoms with Crippen LogP contribution in [0.2, 0.25) is 0 Å². The van der Waals surface area contributed by atoms with E-state index in [1.165, 1.54) is 5.56 Å². The smallest absolute Gasteiger partial charge is 0.311 e. The number of aliphatic imine (C=N–C) groups is 1. The van der Waals surface area contributed by atoms with Crippen LogP contribution in [0.15, 0.2) is 59.6 Å². The van der Waals surface area contributed by atoms with Gasteiger partial charge in [-0.15, -0.1) is 0 Å². The maximum Gasteiger partial charge on any atom is 0.311 e. The minimum absolute atomic E-state index is 0.0123. The number of hydrogen-bond acceptors (Lipinski definition) is 7. The van der Waals surface area contributed by atoms with Crippen LogP contribution in [0.5, 0.6) is 11.5 Å². The third-order valence-electron chi connectivity index (χ3n) is 6.96. The molecule has 2 aliphatic rings. The Balaban J connectivity index is 1.44. The minimum Gasteiger partial charge on any atom is -0.466 e. The standard InChI is InChI=1S/C28H28N2O5/c1-5-33-24(31)14-15-25(32)34-19-12-10-18-11-13-23-26(20(18)16-19)29-17-28(35-23)27(2,3)21-8-6-7-9-22(21)30(28)4/h6-13,16-17H,5,14-15H2,1-4H3. The number of ether oxygens (including phenoxy) is 3. The zero-order valence-corrected chi connectivity index (χ0v) is 20.3. The molecule has 3 aromatic carbocycles. The molecule has 5 rings (SSSR count). The van der Waals surface area contributed by atoms with E-state index in [1.54, 1.807) is 19.1 Å². The van der Waals surface area contributed by atoms with Gasteiger partial charge < -0.3 is 19.1 Å². The molecule has 2 heterocycles. The Morgan fingerprint density at radius 1 is 1.03 bits per heavy atom. The molecule has 0 aliphatic carbocycles. The van der Waals surface area contributed by atoms with E-state index < -0.39 is 17.7 Å². The van der Waals surface area contributed by atoms with E-state index in [9.17, 15) is 9.59 Å². The highest BCUT2D eigenvalue weighted by atomic mass is 16.5. The van der Waals surface area contributed by atoms with E-state index in [0.717, 1.165) is 16.5 Å². The normalized spacial score (nSPS) is 19.3. The zero-order valence-electron chi connectivity index (χ0n) is 20.3. The van der Waals surface area contributed by atoms with Crippen molar-refractivity contribution in [1.29, 1.82) is 0 Å². The average molecular weight is 473 g/mol. The first kappa shape index (κ1) is 22.9. The lowest BCUT2D eigenvalue weighted by Crippen LogP contribution is -2.61. The second-order valence-corrected chi connectivity index (χ2v) is 9.33. The lowest BCUT2D eigenvalue weighted by atomic mass is 9.77. The molecule has 2 aliphatic heterocycles. The Bertz CT molecular complexity index is 1360. The predicted octanol–water partition coefficient (Wildman–Crippen LogP) is 5.31. The van der Waals surface area contributed by atoms with Crippen LogP contribution in [-0.2, 0) is 19.7 Å². The van der Waals surface area contributed by atoms with Gasteiger partial charge in [0.15, 0.2) is 0 Å². The van der Waals surface area contributed by atoms with Gasteiger partial charge >= 0.3 is 11.9 Å². The van der Waals surface area contributed by atoms with Crippen molar-refractivity contribution in [3.63, 3.8) is 0 Å². The van der Waals surface area contributed by atoms with Crippen molar-refractivity contribution in [3.8, 4) is 11.5 Å². The molecular weight excluding hydrogens is 444 g/mol. The number of para-hydroxylation sites is 1. The van der Waals surface area contributed by atoms with Gasteiger partial charge in [-0.1, -0.05) is 30.3 Å². The van der Waals surface area contributed by atoms with Crippen molar-refractivity contribution in [1.82, 2.24) is 0 Å². The molecule has 7 heteroatoms. The van der Waals surface area contributed by atoms with E-state index >= 15 is 0 Å². The molecule has 0 radical (unpaired) electrons. The predicted molar refractivity (Wildman–Crippen MR) is 135 cm³/mol. The lowest BCUT2D eigenvalue weighted by molar-refractivity contribution is -0.146. The van der Waals surface area contributed by atoms with Gasteiger partial charge in [0.05, 0.1) is 31.1 Å². The molecule has 7 nitrogen and oxygen atoms in total. The van der Waals surface area contributed by atoms with Crippen LogP contribution in [0.1, 0.15) is 39.2 Å². The fourth-order valence-electron chi connectivity index (χ4n) is 5.04. The number of likely N-dealkylation sites (N-methyl/N-ethyl adjacent to an activating group) is 1. The minimum atomic E-state index is -0.769. The number of benzene rings is 3. The molecule has 0 saturated heterocycles. The molecule has 3 aromatic rings. The maximum atomic E-state index is 12.2. The molecule has 0 fully saturated rings. The first-order valence-corrected chi connectivity index (χ1v) is 11.8. The van der Waals surface area contributed by atoms with Gasteiger partial charge in [0, 0.05) is 18.1 Å². The van der Waals surface area contributed by atoms with E-state index in [-0.39, 0.29) is 24.9 Å². The van der Waals surface area contributed by atoms with Crippen molar-refractivity contribution < 1.29 is 23.8 Å². The number of carbonyl (C=O) groups excluding carboxylic acids is 2. The van der Waals surface area contributed by atoms with E-state index in [2.05, 4.69) is 30.9 Å². The highest BCUT2D eigenvalue weighted by Crippen LogP contribution is 2.54. The highest BCUT2D eigenvalue weighted by Gasteiger charge is 2.58. The number of fused-ring (bicyclic) bond motifs is 4. The summed E-state index contributed by atoms with van der Waals surface area (Å²) in [5.41, 5.74) is 1.90. The fraction of sp³-hybridized carbons (Fsp3) is 0.321. The second kappa shape index (κ2) is 8.41. The molecule has 1 unspecified atom stereocenters. The van der Waals surface area contributed by atoms with Gasteiger partial charge in [-0.05, 0) is 56.0 Å². The number of nitrogens with zero attached hydrogens (tertiary/aromatic N) is 2. The van der Waals surface area contributed by atoms with Gasteiger partial charge in [-0.3, -0.25) is 14.6 Å². The van der Waals surface area contributed by atoms with Crippen LogP contribution >= 0.6 is 0 Å². The van der Waals surface area contributed by atoms with Crippen LogP contribution in [0, 0.1) is 0 Å². The Hall–Kier alpha value is -3.87. The first-order chi connectivity index (χ1) is 16.8. The van der Waals surface area contributed by atoms with E-state index in [0.29, 0.717) is 17.2 Å². The Kier molecular flexibility index (Phi) is 5.50. The molecule has 0 bridgehead atoms. The monoisotopic (exact) mass is 472 g/mol. The molecule has 35 heavy (non-hydrogen) atoms. The number of rotatable bonds is 5. The molecular formula is C28H28N2O5. The van der Waals surface area contributed by atoms with Gasteiger partial charge in [0.2, 0.25) is 5.72 Å². The largest absolute Gasteiger partial charge is 0.466 e. The molecule has 1 spiro atoms. The summed E-state index contributed by atoms with van der Waals surface area (Å²) in [5.74, 6) is 0.145. The van der Waals surface area contributed by atoms with Crippen molar-refractivity contribution in [2.24, 2.45) is 4.99 Å². The van der Waals surface area contributed by atoms with Crippen LogP contribution < -0.4 is 14.4 Å². The highest BCUT2D eigenvalue weighted by molar-refractivity contribution is 6.00. The molecule has 1 atom stereocenters. The SMILES string of the molecule is CCOC(=O)CCC(=O)Oc1ccc2ccc3c(c2c1)N=CC1(O3)N(C)c2ccccc2C1(C)C. The summed E-state index contributed by atoms with van der Waals surface area (Å²) < 4.78 is 17.1. The van der Waals surface area contributed by atoms with Crippen LogP contribution in [0.25, 0.3) is 10.8 Å². The summed E-state index contributed by atoms with van der Waals surface area (Å²) in [6.07, 6.45) is 1.82. The zero-order chi connectivity index (χ0) is 24.8. The number of carbonyl (C=O) groups is 2. The first-order valence-electron chi connectivity index (χ1n) is 11.8. The van der Waals surface area contributed by atoms with Gasteiger partial charge in [0.25, 0.3) is 0 Å². The van der Waals surface area contributed by atoms with Crippen LogP contribution in [-0.4, -0.2) is 37.5 Å². The average Bonchev–Trinajstić information content (AvgIpc) is 3.01.